The van der Waals surface area contributed by atoms with E-state index in [1.54, 1.807) is 6.07 Å². The summed E-state index contributed by atoms with van der Waals surface area (Å²) in [6.45, 7) is 5.57. The first-order valence-corrected chi connectivity index (χ1v) is 13.0. The van der Waals surface area contributed by atoms with E-state index >= 15 is 0 Å². The quantitative estimate of drug-likeness (QED) is 0.347. The minimum Gasteiger partial charge on any atom is -0.494 e. The van der Waals surface area contributed by atoms with E-state index in [0.717, 1.165) is 32.5 Å². The van der Waals surface area contributed by atoms with E-state index in [0.29, 0.717) is 30.5 Å². The second-order valence-corrected chi connectivity index (χ2v) is 9.84. The normalized spacial score (nSPS) is 20.7. The summed E-state index contributed by atoms with van der Waals surface area (Å²) in [6.07, 6.45) is -2.45. The fraction of sp³-hybridized carbons (Fsp3) is 0.400. The Morgan fingerprint density at radius 3 is 2.22 bits per heavy atom. The number of fused-ring (bicyclic) bond motifs is 1. The molecule has 2 aliphatic heterocycles. The molecule has 0 spiro atoms. The molecule has 4 nitrogen and oxygen atoms in total. The Bertz CT molecular complexity index is 1120. The van der Waals surface area contributed by atoms with Gasteiger partial charge in [-0.1, -0.05) is 60.7 Å². The zero-order chi connectivity index (χ0) is 25.8. The maximum atomic E-state index is 12.9. The highest BCUT2D eigenvalue weighted by atomic mass is 19.4. The number of benzene rings is 3. The van der Waals surface area contributed by atoms with Gasteiger partial charge in [-0.25, -0.2) is 0 Å². The minimum atomic E-state index is -4.73. The molecule has 37 heavy (non-hydrogen) atoms. The van der Waals surface area contributed by atoms with E-state index in [-0.39, 0.29) is 17.7 Å². The summed E-state index contributed by atoms with van der Waals surface area (Å²) in [6, 6.07) is 26.3. The second-order valence-electron chi connectivity index (χ2n) is 9.84. The van der Waals surface area contributed by atoms with Gasteiger partial charge < -0.3 is 9.47 Å². The highest BCUT2D eigenvalue weighted by molar-refractivity contribution is 5.41. The third kappa shape index (κ3) is 6.11. The van der Waals surface area contributed by atoms with Gasteiger partial charge in [0.25, 0.3) is 0 Å². The van der Waals surface area contributed by atoms with E-state index < -0.39 is 6.36 Å². The fourth-order valence-corrected chi connectivity index (χ4v) is 6.03. The lowest BCUT2D eigenvalue weighted by Crippen LogP contribution is -2.57. The van der Waals surface area contributed by atoms with Gasteiger partial charge in [0, 0.05) is 43.2 Å². The Hall–Kier alpha value is -3.03. The van der Waals surface area contributed by atoms with Crippen LogP contribution >= 0.6 is 0 Å². The van der Waals surface area contributed by atoms with Gasteiger partial charge in [0.05, 0.1) is 6.61 Å². The van der Waals surface area contributed by atoms with Gasteiger partial charge in [-0.2, -0.15) is 0 Å². The Morgan fingerprint density at radius 1 is 0.919 bits per heavy atom. The van der Waals surface area contributed by atoms with Crippen LogP contribution in [0.3, 0.4) is 0 Å². The zero-order valence-electron chi connectivity index (χ0n) is 21.0. The topological polar surface area (TPSA) is 24.9 Å². The Labute approximate surface area is 216 Å². The number of piperazine rings is 1. The minimum absolute atomic E-state index is 0.192. The van der Waals surface area contributed by atoms with Crippen LogP contribution in [0.1, 0.15) is 42.4 Å². The summed E-state index contributed by atoms with van der Waals surface area (Å²) < 4.78 is 48.8. The molecule has 5 rings (SSSR count). The molecule has 0 aliphatic carbocycles. The first-order valence-electron chi connectivity index (χ1n) is 13.0. The number of rotatable bonds is 8. The van der Waals surface area contributed by atoms with Gasteiger partial charge in [-0.15, -0.1) is 13.2 Å². The summed E-state index contributed by atoms with van der Waals surface area (Å²) in [5, 5.41) is 0. The smallest absolute Gasteiger partial charge is 0.494 e. The second kappa shape index (κ2) is 11.2. The van der Waals surface area contributed by atoms with Crippen molar-refractivity contribution in [2.45, 2.75) is 50.7 Å². The van der Waals surface area contributed by atoms with Crippen LogP contribution < -0.4 is 9.47 Å². The van der Waals surface area contributed by atoms with Crippen molar-refractivity contribution in [2.75, 3.05) is 26.2 Å². The number of alkyl halides is 3. The van der Waals surface area contributed by atoms with Crippen molar-refractivity contribution in [2.24, 2.45) is 0 Å². The molecule has 2 aliphatic rings. The van der Waals surface area contributed by atoms with E-state index in [1.165, 1.54) is 23.3 Å². The van der Waals surface area contributed by atoms with Crippen LogP contribution in [-0.2, 0) is 6.54 Å². The van der Waals surface area contributed by atoms with Crippen molar-refractivity contribution in [3.05, 3.63) is 95.6 Å². The molecule has 2 atom stereocenters. The summed E-state index contributed by atoms with van der Waals surface area (Å²) in [5.41, 5.74) is 3.27. The molecule has 0 bridgehead atoms. The van der Waals surface area contributed by atoms with Crippen molar-refractivity contribution in [3.63, 3.8) is 0 Å². The predicted molar refractivity (Wildman–Crippen MR) is 138 cm³/mol. The van der Waals surface area contributed by atoms with Crippen molar-refractivity contribution in [1.29, 1.82) is 0 Å². The average molecular weight is 511 g/mol. The molecule has 0 N–H and O–H groups in total. The predicted octanol–water partition coefficient (Wildman–Crippen LogP) is 6.46. The highest BCUT2D eigenvalue weighted by Crippen LogP contribution is 2.38. The molecule has 0 aromatic heterocycles. The molecule has 2 saturated heterocycles. The van der Waals surface area contributed by atoms with Crippen LogP contribution in [0.4, 0.5) is 13.2 Å². The van der Waals surface area contributed by atoms with E-state index in [9.17, 15) is 13.2 Å². The van der Waals surface area contributed by atoms with Gasteiger partial charge >= 0.3 is 6.36 Å². The molecule has 2 fully saturated rings. The molecule has 0 saturated carbocycles. The number of hydrogen-bond acceptors (Lipinski definition) is 4. The standard InChI is InChI=1S/C30H33F3N2O2/c1-2-36-28-16-15-26(37-30(31,32)33)18-24(28)19-34-20-25-14-9-17-35(25)27(21-34)29(22-10-5-3-6-11-22)23-12-7-4-8-13-23/h3-8,10-13,15-16,18,25,27,29H,2,9,14,17,19-21H2,1H3/t25-,27-/m0/s1. The maximum absolute atomic E-state index is 12.9. The third-order valence-electron chi connectivity index (χ3n) is 7.42. The first-order chi connectivity index (χ1) is 17.9. The summed E-state index contributed by atoms with van der Waals surface area (Å²) >= 11 is 0. The van der Waals surface area contributed by atoms with Crippen molar-refractivity contribution in [1.82, 2.24) is 9.80 Å². The van der Waals surface area contributed by atoms with Crippen molar-refractivity contribution < 1.29 is 22.6 Å². The maximum Gasteiger partial charge on any atom is 0.573 e. The number of halogens is 3. The lowest BCUT2D eigenvalue weighted by molar-refractivity contribution is -0.274. The van der Waals surface area contributed by atoms with Gasteiger partial charge in [0.15, 0.2) is 0 Å². The Morgan fingerprint density at radius 2 is 1.59 bits per heavy atom. The molecule has 0 unspecified atom stereocenters. The summed E-state index contributed by atoms with van der Waals surface area (Å²) in [5.74, 6) is 0.579. The fourth-order valence-electron chi connectivity index (χ4n) is 6.03. The van der Waals surface area contributed by atoms with Crippen molar-refractivity contribution in [3.8, 4) is 11.5 Å². The van der Waals surface area contributed by atoms with Crippen LogP contribution in [-0.4, -0.2) is 54.5 Å². The van der Waals surface area contributed by atoms with Gasteiger partial charge in [0.1, 0.15) is 11.5 Å². The van der Waals surface area contributed by atoms with Crippen LogP contribution in [0.2, 0.25) is 0 Å². The summed E-state index contributed by atoms with van der Waals surface area (Å²) in [4.78, 5) is 5.04. The lowest BCUT2D eigenvalue weighted by Gasteiger charge is -2.47. The molecule has 3 aromatic carbocycles. The largest absolute Gasteiger partial charge is 0.573 e. The monoisotopic (exact) mass is 510 g/mol. The molecule has 0 amide bonds. The molecule has 0 radical (unpaired) electrons. The van der Waals surface area contributed by atoms with E-state index in [1.807, 2.05) is 19.1 Å². The average Bonchev–Trinajstić information content (AvgIpc) is 3.35. The van der Waals surface area contributed by atoms with Crippen LogP contribution in [0.15, 0.2) is 78.9 Å². The van der Waals surface area contributed by atoms with Gasteiger partial charge in [-0.05, 0) is 55.6 Å². The zero-order valence-corrected chi connectivity index (χ0v) is 21.0. The van der Waals surface area contributed by atoms with Crippen LogP contribution in [0.5, 0.6) is 11.5 Å². The van der Waals surface area contributed by atoms with Crippen LogP contribution in [0, 0.1) is 0 Å². The molecular formula is C30H33F3N2O2. The molecular weight excluding hydrogens is 477 g/mol. The van der Waals surface area contributed by atoms with Crippen LogP contribution in [0.25, 0.3) is 0 Å². The van der Waals surface area contributed by atoms with Crippen molar-refractivity contribution >= 4 is 0 Å². The first kappa shape index (κ1) is 25.6. The third-order valence-corrected chi connectivity index (χ3v) is 7.42. The molecule has 196 valence electrons. The SMILES string of the molecule is CCOc1ccc(OC(F)(F)F)cc1CN1C[C@@H]2CCCN2[C@H](C(c2ccccc2)c2ccccc2)C1. The number of nitrogens with zero attached hydrogens (tertiary/aromatic N) is 2. The lowest BCUT2D eigenvalue weighted by atomic mass is 9.82. The Kier molecular flexibility index (Phi) is 7.72. The molecule has 2 heterocycles. The van der Waals surface area contributed by atoms with Gasteiger partial charge in [-0.3, -0.25) is 9.80 Å². The van der Waals surface area contributed by atoms with Gasteiger partial charge in [0.2, 0.25) is 0 Å². The molecule has 3 aromatic rings. The highest BCUT2D eigenvalue weighted by Gasteiger charge is 2.42. The van der Waals surface area contributed by atoms with E-state index in [2.05, 4.69) is 63.1 Å². The van der Waals surface area contributed by atoms with E-state index in [4.69, 9.17) is 4.74 Å². The summed E-state index contributed by atoms with van der Waals surface area (Å²) in [7, 11) is 0. The number of ether oxygens (including phenoxy) is 2. The number of hydrogen-bond donors (Lipinski definition) is 0. The Balaban J connectivity index is 1.46. The molecule has 7 heteroatoms.